The van der Waals surface area contributed by atoms with E-state index < -0.39 is 0 Å². The zero-order chi connectivity index (χ0) is 9.97. The van der Waals surface area contributed by atoms with E-state index in [2.05, 4.69) is 23.6 Å². The van der Waals surface area contributed by atoms with Gasteiger partial charge in [0.1, 0.15) is 5.78 Å². The Balaban J connectivity index is 1.89. The molecule has 0 aromatic heterocycles. The number of carbonyl (C=O) groups excluding carboxylic acids is 1. The third-order valence-corrected chi connectivity index (χ3v) is 4.38. The lowest BCUT2D eigenvalue weighted by atomic mass is 9.93. The van der Waals surface area contributed by atoms with Crippen LogP contribution < -0.4 is 0 Å². The van der Waals surface area contributed by atoms with Crippen molar-refractivity contribution in [3.63, 3.8) is 0 Å². The molecule has 14 heavy (non-hydrogen) atoms. The summed E-state index contributed by atoms with van der Waals surface area (Å²) in [4.78, 5) is 13.9. The van der Waals surface area contributed by atoms with Crippen molar-refractivity contribution >= 4 is 17.5 Å². The van der Waals surface area contributed by atoms with Gasteiger partial charge in [-0.25, -0.2) is 0 Å². The van der Waals surface area contributed by atoms with Gasteiger partial charge >= 0.3 is 0 Å². The average molecular weight is 213 g/mol. The van der Waals surface area contributed by atoms with E-state index in [0.717, 1.165) is 24.5 Å². The van der Waals surface area contributed by atoms with Gasteiger partial charge in [0.2, 0.25) is 0 Å². The van der Waals surface area contributed by atoms with Crippen LogP contribution in [0.5, 0.6) is 0 Å². The van der Waals surface area contributed by atoms with E-state index in [1.807, 2.05) is 0 Å². The highest BCUT2D eigenvalue weighted by Crippen LogP contribution is 2.25. The fourth-order valence-corrected chi connectivity index (χ4v) is 3.53. The quantitative estimate of drug-likeness (QED) is 0.664. The van der Waals surface area contributed by atoms with Crippen LogP contribution in [0, 0.1) is 0 Å². The fraction of sp³-hybridized carbons (Fsp3) is 0.909. The monoisotopic (exact) mass is 213 g/mol. The van der Waals surface area contributed by atoms with Gasteiger partial charge in [-0.15, -0.1) is 0 Å². The number of Topliss-reactive ketones (excluding diaryl/α,β-unsaturated/α-hetero) is 1. The maximum absolute atomic E-state index is 11.4. The first-order valence-electron chi connectivity index (χ1n) is 5.63. The second kappa shape index (κ2) is 4.67. The highest BCUT2D eigenvalue weighted by atomic mass is 32.2. The average Bonchev–Trinajstić information content (AvgIpc) is 2.18. The van der Waals surface area contributed by atoms with Crippen LogP contribution in [0.3, 0.4) is 0 Å². The van der Waals surface area contributed by atoms with E-state index in [0.29, 0.717) is 11.8 Å². The van der Waals surface area contributed by atoms with E-state index >= 15 is 0 Å². The van der Waals surface area contributed by atoms with Crippen LogP contribution in [0.25, 0.3) is 0 Å². The largest absolute Gasteiger partial charge is 0.300 e. The normalized spacial score (nSPS) is 35.9. The summed E-state index contributed by atoms with van der Waals surface area (Å²) in [6.07, 6.45) is 4.00. The van der Waals surface area contributed by atoms with E-state index in [4.69, 9.17) is 0 Å². The van der Waals surface area contributed by atoms with E-state index in [-0.39, 0.29) is 0 Å². The Morgan fingerprint density at radius 3 is 3.07 bits per heavy atom. The summed E-state index contributed by atoms with van der Waals surface area (Å²) >= 11 is 2.06. The molecular formula is C11H19NOS. The molecular weight excluding hydrogens is 194 g/mol. The molecule has 2 unspecified atom stereocenters. The van der Waals surface area contributed by atoms with Crippen molar-refractivity contribution in [3.8, 4) is 0 Å². The Hall–Kier alpha value is -0.0200. The number of thioether (sulfide) groups is 1. The molecule has 0 N–H and O–H groups in total. The molecule has 1 aliphatic carbocycles. The molecule has 1 heterocycles. The van der Waals surface area contributed by atoms with Gasteiger partial charge < -0.3 is 0 Å². The third-order valence-electron chi connectivity index (χ3n) is 3.25. The lowest BCUT2D eigenvalue weighted by Gasteiger charge is -2.38. The van der Waals surface area contributed by atoms with Gasteiger partial charge in [-0.1, -0.05) is 6.92 Å². The lowest BCUT2D eigenvalue weighted by Crippen LogP contribution is -2.45. The Morgan fingerprint density at radius 2 is 2.36 bits per heavy atom. The smallest absolute Gasteiger partial charge is 0.134 e. The summed E-state index contributed by atoms with van der Waals surface area (Å²) in [6.45, 7) is 4.66. The van der Waals surface area contributed by atoms with Gasteiger partial charge in [0.05, 0.1) is 0 Å². The van der Waals surface area contributed by atoms with Crippen LogP contribution in [0.2, 0.25) is 0 Å². The second-order valence-corrected chi connectivity index (χ2v) is 6.01. The fourth-order valence-electron chi connectivity index (χ4n) is 2.49. The minimum atomic E-state index is 0.479. The van der Waals surface area contributed by atoms with Crippen LogP contribution in [-0.2, 0) is 4.79 Å². The zero-order valence-corrected chi connectivity index (χ0v) is 9.68. The molecule has 0 spiro atoms. The van der Waals surface area contributed by atoms with Gasteiger partial charge in [-0.05, 0) is 12.8 Å². The molecule has 1 aliphatic heterocycles. The van der Waals surface area contributed by atoms with Crippen molar-refractivity contribution in [1.82, 2.24) is 4.90 Å². The SMILES string of the molecule is CC1CN(C2CCCC(=O)C2)CCS1. The Kier molecular flexibility index (Phi) is 3.50. The van der Waals surface area contributed by atoms with E-state index in [1.54, 1.807) is 0 Å². The minimum absolute atomic E-state index is 0.479. The molecule has 2 rings (SSSR count). The zero-order valence-electron chi connectivity index (χ0n) is 8.87. The number of nitrogens with zero attached hydrogens (tertiary/aromatic N) is 1. The van der Waals surface area contributed by atoms with Crippen LogP contribution in [-0.4, -0.2) is 40.8 Å². The van der Waals surface area contributed by atoms with Crippen LogP contribution in [0.4, 0.5) is 0 Å². The number of ketones is 1. The predicted octanol–water partition coefficient (Wildman–Crippen LogP) is 1.94. The Bertz CT molecular complexity index is 219. The van der Waals surface area contributed by atoms with Crippen molar-refractivity contribution in [1.29, 1.82) is 0 Å². The number of hydrogen-bond acceptors (Lipinski definition) is 3. The molecule has 2 aliphatic rings. The molecule has 3 heteroatoms. The summed E-state index contributed by atoms with van der Waals surface area (Å²) in [7, 11) is 0. The molecule has 1 saturated heterocycles. The molecule has 2 fully saturated rings. The topological polar surface area (TPSA) is 20.3 Å². The molecule has 2 nitrogen and oxygen atoms in total. The van der Waals surface area contributed by atoms with Crippen LogP contribution >= 0.6 is 11.8 Å². The summed E-state index contributed by atoms with van der Waals surface area (Å²) in [6, 6.07) is 0.569. The molecule has 0 aromatic rings. The standard InChI is InChI=1S/C11H19NOS/c1-9-8-12(5-6-14-9)10-3-2-4-11(13)7-10/h9-10H,2-8H2,1H3. The Labute approximate surface area is 90.4 Å². The first-order valence-corrected chi connectivity index (χ1v) is 6.68. The van der Waals surface area contributed by atoms with Gasteiger partial charge in [-0.3, -0.25) is 9.69 Å². The molecule has 80 valence electrons. The first kappa shape index (κ1) is 10.5. The summed E-state index contributed by atoms with van der Waals surface area (Å²) < 4.78 is 0. The molecule has 1 saturated carbocycles. The summed E-state index contributed by atoms with van der Waals surface area (Å²) in [5.74, 6) is 1.72. The molecule has 0 radical (unpaired) electrons. The maximum Gasteiger partial charge on any atom is 0.134 e. The number of hydrogen-bond donors (Lipinski definition) is 0. The van der Waals surface area contributed by atoms with Crippen molar-refractivity contribution in [2.75, 3.05) is 18.8 Å². The van der Waals surface area contributed by atoms with Gasteiger partial charge in [0.25, 0.3) is 0 Å². The second-order valence-electron chi connectivity index (χ2n) is 4.47. The van der Waals surface area contributed by atoms with Gasteiger partial charge in [0.15, 0.2) is 0 Å². The highest BCUT2D eigenvalue weighted by Gasteiger charge is 2.28. The maximum atomic E-state index is 11.4. The van der Waals surface area contributed by atoms with Crippen molar-refractivity contribution < 1.29 is 4.79 Å². The lowest BCUT2D eigenvalue weighted by molar-refractivity contribution is -0.122. The van der Waals surface area contributed by atoms with Crippen LogP contribution in [0.15, 0.2) is 0 Å². The predicted molar refractivity (Wildman–Crippen MR) is 60.8 cm³/mol. The van der Waals surface area contributed by atoms with Crippen molar-refractivity contribution in [3.05, 3.63) is 0 Å². The number of rotatable bonds is 1. The molecule has 0 amide bonds. The first-order chi connectivity index (χ1) is 6.75. The van der Waals surface area contributed by atoms with Crippen molar-refractivity contribution in [2.24, 2.45) is 0 Å². The van der Waals surface area contributed by atoms with E-state index in [1.165, 1.54) is 25.3 Å². The molecule has 0 bridgehead atoms. The van der Waals surface area contributed by atoms with Crippen molar-refractivity contribution in [2.45, 2.75) is 43.9 Å². The summed E-state index contributed by atoms with van der Waals surface area (Å²) in [5.41, 5.74) is 0. The molecule has 0 aromatic carbocycles. The van der Waals surface area contributed by atoms with Crippen LogP contribution in [0.1, 0.15) is 32.6 Å². The minimum Gasteiger partial charge on any atom is -0.300 e. The van der Waals surface area contributed by atoms with E-state index in [9.17, 15) is 4.79 Å². The van der Waals surface area contributed by atoms with Gasteiger partial charge in [0, 0.05) is 43.0 Å². The third kappa shape index (κ3) is 2.51. The number of carbonyl (C=O) groups is 1. The Morgan fingerprint density at radius 1 is 1.50 bits per heavy atom. The molecule has 2 atom stereocenters. The summed E-state index contributed by atoms with van der Waals surface area (Å²) in [5, 5.41) is 0.751. The van der Waals surface area contributed by atoms with Gasteiger partial charge in [-0.2, -0.15) is 11.8 Å². The highest BCUT2D eigenvalue weighted by molar-refractivity contribution is 7.99.